The number of amides is 5. The van der Waals surface area contributed by atoms with Gasteiger partial charge in [-0.05, 0) is 57.4 Å². The zero-order valence-corrected chi connectivity index (χ0v) is 38.8. The fourth-order valence-electron chi connectivity index (χ4n) is 8.51. The standard InChI is InChI=1S/C45H69FN6O8S/c1-12-29(4)37(50(9)41(55)36(28(2)3)49-42(56)45(46)20-23-51(27-45)43(57)60-44(6,7)8)34(58-10)26-35(53)52-22-16-19-33(52)38(59-11)30(5)39(54)48-32(40-47-21-24-61-40)25-31-17-14-13-15-18-31/h13-15,17-18,21,24,28-30,32-34,36-38H,12,16,19-20,22-23,25-27H2,1-11H3,(H,48,54)(H,49,56)/t29-,30+,32-,33-,34+,36-,37?,38+,45+/m0/s1. The number of likely N-dealkylation sites (tertiary alicyclic amines) is 2. The van der Waals surface area contributed by atoms with Crippen molar-refractivity contribution in [3.63, 3.8) is 0 Å². The molecule has 1 unspecified atom stereocenters. The minimum Gasteiger partial charge on any atom is -0.444 e. The Morgan fingerprint density at radius 1 is 1.03 bits per heavy atom. The van der Waals surface area contributed by atoms with Crippen molar-refractivity contribution in [2.45, 2.75) is 142 Å². The molecule has 2 aromatic rings. The first-order valence-corrected chi connectivity index (χ1v) is 22.5. The molecule has 1 aromatic heterocycles. The van der Waals surface area contributed by atoms with Crippen LogP contribution in [0.3, 0.4) is 0 Å². The molecule has 2 saturated heterocycles. The molecule has 4 rings (SSSR count). The zero-order chi connectivity index (χ0) is 45.2. The second kappa shape index (κ2) is 21.8. The van der Waals surface area contributed by atoms with Crippen molar-refractivity contribution in [3.05, 3.63) is 52.5 Å². The summed E-state index contributed by atoms with van der Waals surface area (Å²) < 4.78 is 33.6. The van der Waals surface area contributed by atoms with Gasteiger partial charge in [-0.3, -0.25) is 19.2 Å². The Labute approximate surface area is 365 Å². The summed E-state index contributed by atoms with van der Waals surface area (Å²) in [5, 5.41) is 8.56. The summed E-state index contributed by atoms with van der Waals surface area (Å²) in [5.41, 5.74) is -2.12. The maximum absolute atomic E-state index is 16.2. The Balaban J connectivity index is 1.46. The molecule has 16 heteroatoms. The van der Waals surface area contributed by atoms with Crippen LogP contribution in [0.4, 0.5) is 9.18 Å². The third-order valence-electron chi connectivity index (χ3n) is 12.1. The number of hydrogen-bond donors (Lipinski definition) is 2. The van der Waals surface area contributed by atoms with Crippen LogP contribution in [0.2, 0.25) is 0 Å². The van der Waals surface area contributed by atoms with Gasteiger partial charge in [-0.25, -0.2) is 14.2 Å². The first-order valence-electron chi connectivity index (χ1n) is 21.6. The molecular weight excluding hydrogens is 804 g/mol. The fourth-order valence-corrected chi connectivity index (χ4v) is 9.20. The number of rotatable bonds is 19. The van der Waals surface area contributed by atoms with E-state index in [9.17, 15) is 24.0 Å². The Hall–Kier alpha value is -4.15. The number of aromatic nitrogens is 1. The van der Waals surface area contributed by atoms with Crippen LogP contribution in [0.5, 0.6) is 0 Å². The maximum Gasteiger partial charge on any atom is 0.410 e. The highest BCUT2D eigenvalue weighted by molar-refractivity contribution is 7.09. The lowest BCUT2D eigenvalue weighted by Gasteiger charge is -2.41. The van der Waals surface area contributed by atoms with E-state index in [1.807, 2.05) is 56.5 Å². The minimum absolute atomic E-state index is 0.00367. The summed E-state index contributed by atoms with van der Waals surface area (Å²) in [6.07, 6.45) is 2.00. The molecule has 0 saturated carbocycles. The lowest BCUT2D eigenvalue weighted by molar-refractivity contribution is -0.148. The normalized spacial score (nSPS) is 21.6. The van der Waals surface area contributed by atoms with E-state index in [1.165, 1.54) is 28.2 Å². The molecular formula is C45H69FN6O8S. The number of likely N-dealkylation sites (N-methyl/N-ethyl adjacent to an activating group) is 1. The number of methoxy groups -OCH3 is 2. The summed E-state index contributed by atoms with van der Waals surface area (Å²) in [4.78, 5) is 77.8. The molecule has 2 fully saturated rings. The van der Waals surface area contributed by atoms with Crippen molar-refractivity contribution in [1.29, 1.82) is 0 Å². The van der Waals surface area contributed by atoms with Gasteiger partial charge in [0, 0.05) is 52.4 Å². The maximum atomic E-state index is 16.2. The third kappa shape index (κ3) is 12.7. The van der Waals surface area contributed by atoms with Crippen molar-refractivity contribution in [1.82, 2.24) is 30.3 Å². The van der Waals surface area contributed by atoms with Gasteiger partial charge in [-0.2, -0.15) is 0 Å². The summed E-state index contributed by atoms with van der Waals surface area (Å²) >= 11 is 1.48. The zero-order valence-electron chi connectivity index (χ0n) is 37.9. The van der Waals surface area contributed by atoms with Crippen LogP contribution >= 0.6 is 11.3 Å². The SMILES string of the molecule is CC[C@H](C)C([C@@H](CC(=O)N1CCC[C@H]1[C@H](OC)[C@@H](C)C(=O)N[C@@H](Cc1ccccc1)c1nccs1)OC)N(C)C(=O)[C@@H](NC(=O)[C@@]1(F)CCN(C(=O)OC(C)(C)C)C1)C(C)C. The molecule has 14 nitrogen and oxygen atoms in total. The fraction of sp³-hybridized carbons (Fsp3) is 0.689. The number of hydrogen-bond acceptors (Lipinski definition) is 10. The van der Waals surface area contributed by atoms with Gasteiger partial charge >= 0.3 is 6.09 Å². The van der Waals surface area contributed by atoms with Crippen LogP contribution in [-0.2, 0) is 39.8 Å². The van der Waals surface area contributed by atoms with E-state index in [1.54, 1.807) is 59.9 Å². The van der Waals surface area contributed by atoms with Crippen LogP contribution in [0.15, 0.2) is 41.9 Å². The van der Waals surface area contributed by atoms with Gasteiger partial charge in [0.05, 0.1) is 49.2 Å². The number of nitrogens with zero attached hydrogens (tertiary/aromatic N) is 4. The highest BCUT2D eigenvalue weighted by atomic mass is 32.1. The number of benzene rings is 1. The summed E-state index contributed by atoms with van der Waals surface area (Å²) in [6, 6.07) is 7.52. The summed E-state index contributed by atoms with van der Waals surface area (Å²) in [6.45, 7) is 14.4. The Morgan fingerprint density at radius 2 is 1.72 bits per heavy atom. The van der Waals surface area contributed by atoms with Gasteiger partial charge in [0.25, 0.3) is 5.91 Å². The predicted molar refractivity (Wildman–Crippen MR) is 232 cm³/mol. The van der Waals surface area contributed by atoms with Crippen molar-refractivity contribution < 1.29 is 42.6 Å². The lowest BCUT2D eigenvalue weighted by atomic mass is 9.89. The molecule has 0 bridgehead atoms. The Kier molecular flexibility index (Phi) is 17.7. The van der Waals surface area contributed by atoms with Crippen LogP contribution in [0.25, 0.3) is 0 Å². The number of halogens is 1. The Bertz CT molecular complexity index is 1760. The van der Waals surface area contributed by atoms with E-state index in [-0.39, 0.29) is 49.2 Å². The molecule has 3 heterocycles. The topological polar surface area (TPSA) is 160 Å². The van der Waals surface area contributed by atoms with E-state index < -0.39 is 71.8 Å². The summed E-state index contributed by atoms with van der Waals surface area (Å²) in [7, 11) is 4.70. The third-order valence-corrected chi connectivity index (χ3v) is 13.0. The molecule has 5 amide bonds. The van der Waals surface area contributed by atoms with Crippen molar-refractivity contribution >= 4 is 41.1 Å². The van der Waals surface area contributed by atoms with Gasteiger partial charge in [0.2, 0.25) is 23.4 Å². The molecule has 0 spiro atoms. The van der Waals surface area contributed by atoms with Crippen LogP contribution in [0, 0.1) is 17.8 Å². The molecule has 0 aliphatic carbocycles. The quantitative estimate of drug-likeness (QED) is 0.174. The minimum atomic E-state index is -2.41. The molecule has 340 valence electrons. The van der Waals surface area contributed by atoms with E-state index in [4.69, 9.17) is 14.2 Å². The smallest absolute Gasteiger partial charge is 0.410 e. The largest absolute Gasteiger partial charge is 0.444 e. The van der Waals surface area contributed by atoms with Gasteiger partial charge in [0.1, 0.15) is 16.7 Å². The number of nitrogens with one attached hydrogen (secondary N) is 2. The predicted octanol–water partition coefficient (Wildman–Crippen LogP) is 5.95. The van der Waals surface area contributed by atoms with E-state index >= 15 is 4.39 Å². The molecule has 0 radical (unpaired) electrons. The number of carbonyl (C=O) groups excluding carboxylic acids is 5. The van der Waals surface area contributed by atoms with E-state index in [0.29, 0.717) is 25.8 Å². The first-order chi connectivity index (χ1) is 28.7. The highest BCUT2D eigenvalue weighted by Crippen LogP contribution is 2.32. The van der Waals surface area contributed by atoms with Crippen LogP contribution in [0.1, 0.15) is 104 Å². The van der Waals surface area contributed by atoms with Crippen molar-refractivity contribution in [3.8, 4) is 0 Å². The van der Waals surface area contributed by atoms with Gasteiger partial charge in [0.15, 0.2) is 0 Å². The van der Waals surface area contributed by atoms with Crippen LogP contribution in [-0.4, -0.2) is 132 Å². The Morgan fingerprint density at radius 3 is 2.30 bits per heavy atom. The number of ether oxygens (including phenoxy) is 3. The molecule has 1 aromatic carbocycles. The second-order valence-corrected chi connectivity index (χ2v) is 18.9. The number of alkyl halides is 1. The molecule has 9 atom stereocenters. The highest BCUT2D eigenvalue weighted by Gasteiger charge is 2.49. The van der Waals surface area contributed by atoms with Crippen molar-refractivity contribution in [2.24, 2.45) is 17.8 Å². The van der Waals surface area contributed by atoms with Crippen molar-refractivity contribution in [2.75, 3.05) is 40.9 Å². The monoisotopic (exact) mass is 872 g/mol. The number of carbonyl (C=O) groups is 5. The molecule has 2 N–H and O–H groups in total. The molecule has 2 aliphatic heterocycles. The van der Waals surface area contributed by atoms with Gasteiger partial charge in [-0.1, -0.05) is 71.4 Å². The summed E-state index contributed by atoms with van der Waals surface area (Å²) in [5.74, 6) is -2.96. The number of thiazole rings is 1. The molecule has 61 heavy (non-hydrogen) atoms. The van der Waals surface area contributed by atoms with E-state index in [2.05, 4.69) is 15.6 Å². The van der Waals surface area contributed by atoms with Gasteiger partial charge in [-0.15, -0.1) is 11.3 Å². The van der Waals surface area contributed by atoms with Gasteiger partial charge < -0.3 is 39.5 Å². The second-order valence-electron chi connectivity index (χ2n) is 18.0. The average Bonchev–Trinajstić information content (AvgIpc) is 4.01. The van der Waals surface area contributed by atoms with E-state index in [0.717, 1.165) is 17.0 Å². The lowest BCUT2D eigenvalue weighted by Crippen LogP contribution is -2.60. The first kappa shape index (κ1) is 49.5. The van der Waals surface area contributed by atoms with Crippen LogP contribution < -0.4 is 10.6 Å². The average molecular weight is 873 g/mol. The molecule has 2 aliphatic rings.